The molecule has 7 nitrogen and oxygen atoms in total. The molecule has 1 aromatic carbocycles. The number of hydrogen-bond acceptors (Lipinski definition) is 6. The molecule has 0 spiro atoms. The van der Waals surface area contributed by atoms with Crippen molar-refractivity contribution in [3.8, 4) is 29.6 Å². The number of benzene rings is 1. The molecule has 0 bridgehead atoms. The Morgan fingerprint density at radius 2 is 1.59 bits per heavy atom. The number of primary amides is 1. The predicted molar refractivity (Wildman–Crippen MR) is 79.3 cm³/mol. The van der Waals surface area contributed by atoms with E-state index in [0.717, 1.165) is 0 Å². The van der Waals surface area contributed by atoms with Crippen LogP contribution in [0.4, 0.5) is 4.79 Å². The molecule has 1 rings (SSSR count). The van der Waals surface area contributed by atoms with E-state index in [4.69, 9.17) is 35.8 Å². The van der Waals surface area contributed by atoms with Crippen molar-refractivity contribution in [3.05, 3.63) is 17.7 Å². The number of ether oxygens (including phenoxy) is 5. The minimum absolute atomic E-state index is 0.126. The van der Waals surface area contributed by atoms with Crippen LogP contribution in [0.3, 0.4) is 0 Å². The van der Waals surface area contributed by atoms with E-state index in [9.17, 15) is 4.79 Å². The first kappa shape index (κ1) is 17.6. The lowest BCUT2D eigenvalue weighted by atomic mass is 10.2. The monoisotopic (exact) mass is 309 g/mol. The van der Waals surface area contributed by atoms with Gasteiger partial charge in [0.1, 0.15) is 13.2 Å². The highest BCUT2D eigenvalue weighted by molar-refractivity contribution is 5.70. The number of hydrogen-bond donors (Lipinski definition) is 1. The van der Waals surface area contributed by atoms with E-state index in [-0.39, 0.29) is 5.75 Å². The van der Waals surface area contributed by atoms with Gasteiger partial charge >= 0.3 is 6.09 Å². The van der Waals surface area contributed by atoms with Gasteiger partial charge in [-0.15, -0.1) is 6.42 Å². The number of carbonyl (C=O) groups is 1. The lowest BCUT2D eigenvalue weighted by molar-refractivity contribution is 0.132. The topological polar surface area (TPSA) is 89.2 Å². The van der Waals surface area contributed by atoms with E-state index >= 15 is 0 Å². The second-order valence-electron chi connectivity index (χ2n) is 4.04. The van der Waals surface area contributed by atoms with Gasteiger partial charge < -0.3 is 29.4 Å². The molecule has 2 N–H and O–H groups in total. The summed E-state index contributed by atoms with van der Waals surface area (Å²) in [5, 5.41) is 0. The van der Waals surface area contributed by atoms with Crippen molar-refractivity contribution >= 4 is 6.09 Å². The fraction of sp³-hybridized carbons (Fsp3) is 0.400. The summed E-state index contributed by atoms with van der Waals surface area (Å²) in [6.07, 6.45) is 4.43. The minimum atomic E-state index is -0.965. The van der Waals surface area contributed by atoms with Crippen LogP contribution >= 0.6 is 0 Å². The van der Waals surface area contributed by atoms with E-state index < -0.39 is 6.09 Å². The molecule has 0 unspecified atom stereocenters. The number of nitrogens with two attached hydrogens (primary N) is 1. The lowest BCUT2D eigenvalue weighted by Gasteiger charge is -2.15. The third-order valence-electron chi connectivity index (χ3n) is 2.50. The molecular weight excluding hydrogens is 290 g/mol. The summed E-state index contributed by atoms with van der Waals surface area (Å²) >= 11 is 0. The predicted octanol–water partition coefficient (Wildman–Crippen LogP) is 1.18. The van der Waals surface area contributed by atoms with Gasteiger partial charge in [0.25, 0.3) is 0 Å². The van der Waals surface area contributed by atoms with Crippen molar-refractivity contribution < 1.29 is 28.5 Å². The Morgan fingerprint density at radius 1 is 1.05 bits per heavy atom. The van der Waals surface area contributed by atoms with Crippen LogP contribution in [-0.2, 0) is 9.47 Å². The zero-order valence-electron chi connectivity index (χ0n) is 12.6. The molecule has 0 radical (unpaired) electrons. The summed E-state index contributed by atoms with van der Waals surface area (Å²) in [5.41, 5.74) is 5.34. The lowest BCUT2D eigenvalue weighted by Crippen LogP contribution is -2.17. The summed E-state index contributed by atoms with van der Waals surface area (Å²) < 4.78 is 25.8. The van der Waals surface area contributed by atoms with Crippen molar-refractivity contribution in [2.45, 2.75) is 0 Å². The molecule has 0 aliphatic heterocycles. The fourth-order valence-electron chi connectivity index (χ4n) is 1.54. The second-order valence-corrected chi connectivity index (χ2v) is 4.04. The molecule has 7 heteroatoms. The van der Waals surface area contributed by atoms with Gasteiger partial charge in [0.2, 0.25) is 0 Å². The smallest absolute Gasteiger partial charge is 0.410 e. The number of methoxy groups -OCH3 is 2. The molecule has 0 saturated carbocycles. The highest BCUT2D eigenvalue weighted by Gasteiger charge is 2.14. The summed E-state index contributed by atoms with van der Waals surface area (Å²) in [7, 11) is 3.12. The number of terminal acetylenes is 1. The van der Waals surface area contributed by atoms with Gasteiger partial charge in [-0.3, -0.25) is 0 Å². The Balaban J connectivity index is 3.04. The maximum atomic E-state index is 10.9. The summed E-state index contributed by atoms with van der Waals surface area (Å²) in [6.45, 7) is 1.41. The number of amides is 1. The average Bonchev–Trinajstić information content (AvgIpc) is 2.49. The number of rotatable bonds is 9. The van der Waals surface area contributed by atoms with E-state index in [1.54, 1.807) is 14.2 Å². The van der Waals surface area contributed by atoms with Crippen LogP contribution in [0.25, 0.3) is 0 Å². The van der Waals surface area contributed by atoms with Gasteiger partial charge in [-0.2, -0.15) is 0 Å². The van der Waals surface area contributed by atoms with E-state index in [0.29, 0.717) is 43.5 Å². The zero-order chi connectivity index (χ0) is 16.4. The van der Waals surface area contributed by atoms with Crippen LogP contribution in [0.5, 0.6) is 17.2 Å². The zero-order valence-corrected chi connectivity index (χ0v) is 12.6. The molecule has 0 aromatic heterocycles. The van der Waals surface area contributed by atoms with Crippen molar-refractivity contribution in [1.82, 2.24) is 0 Å². The van der Waals surface area contributed by atoms with Gasteiger partial charge in [0.05, 0.1) is 18.8 Å². The molecule has 22 heavy (non-hydrogen) atoms. The first-order valence-corrected chi connectivity index (χ1v) is 6.47. The van der Waals surface area contributed by atoms with Crippen molar-refractivity contribution in [2.75, 3.05) is 40.6 Å². The van der Waals surface area contributed by atoms with Crippen molar-refractivity contribution in [2.24, 2.45) is 5.73 Å². The highest BCUT2D eigenvalue weighted by atomic mass is 16.6. The fourth-order valence-corrected chi connectivity index (χ4v) is 1.54. The Hall–Kier alpha value is -2.43. The molecule has 1 amide bonds. The van der Waals surface area contributed by atoms with E-state index in [1.807, 2.05) is 0 Å². The summed E-state index contributed by atoms with van der Waals surface area (Å²) in [5.74, 6) is 3.31. The Morgan fingerprint density at radius 3 is 2.05 bits per heavy atom. The molecule has 0 fully saturated rings. The SMILES string of the molecule is C#Cc1cc(OCCOC)c(OCCOC)cc1OC(N)=O. The maximum Gasteiger partial charge on any atom is 0.410 e. The molecular formula is C15H19NO6. The molecule has 0 aliphatic rings. The van der Waals surface area contributed by atoms with Gasteiger partial charge in [-0.1, -0.05) is 5.92 Å². The van der Waals surface area contributed by atoms with Crippen molar-refractivity contribution in [3.63, 3.8) is 0 Å². The van der Waals surface area contributed by atoms with E-state index in [2.05, 4.69) is 5.92 Å². The maximum absolute atomic E-state index is 10.9. The van der Waals surface area contributed by atoms with Crippen LogP contribution < -0.4 is 19.9 Å². The van der Waals surface area contributed by atoms with Gasteiger partial charge in [0, 0.05) is 26.4 Å². The van der Waals surface area contributed by atoms with Crippen LogP contribution in [0, 0.1) is 12.3 Å². The van der Waals surface area contributed by atoms with Crippen LogP contribution in [0.1, 0.15) is 5.56 Å². The minimum Gasteiger partial charge on any atom is -0.487 e. The Bertz CT molecular complexity index is 538. The molecule has 120 valence electrons. The molecule has 0 saturated heterocycles. The summed E-state index contributed by atoms with van der Waals surface area (Å²) in [4.78, 5) is 10.9. The largest absolute Gasteiger partial charge is 0.487 e. The summed E-state index contributed by atoms with van der Waals surface area (Å²) in [6, 6.07) is 2.99. The first-order chi connectivity index (χ1) is 10.6. The normalized spacial score (nSPS) is 9.86. The van der Waals surface area contributed by atoms with Gasteiger partial charge in [0.15, 0.2) is 17.2 Å². The highest BCUT2D eigenvalue weighted by Crippen LogP contribution is 2.35. The van der Waals surface area contributed by atoms with Crippen LogP contribution in [0.15, 0.2) is 12.1 Å². The van der Waals surface area contributed by atoms with E-state index in [1.165, 1.54) is 12.1 Å². The Kier molecular flexibility index (Phi) is 7.61. The molecule has 0 heterocycles. The third kappa shape index (κ3) is 5.52. The average molecular weight is 309 g/mol. The van der Waals surface area contributed by atoms with Crippen molar-refractivity contribution in [1.29, 1.82) is 0 Å². The van der Waals surface area contributed by atoms with Crippen LogP contribution in [-0.4, -0.2) is 46.7 Å². The second kappa shape index (κ2) is 9.50. The first-order valence-electron chi connectivity index (χ1n) is 6.47. The third-order valence-corrected chi connectivity index (χ3v) is 2.50. The molecule has 0 aliphatic carbocycles. The standard InChI is InChI=1S/C15H19NO6/c1-4-11-9-13(20-7-5-18-2)14(21-8-6-19-3)10-12(11)22-15(16)17/h1,9-10H,5-8H2,2-3H3,(H2,16,17). The Labute approximate surface area is 129 Å². The molecule has 0 atom stereocenters. The van der Waals surface area contributed by atoms with Gasteiger partial charge in [-0.25, -0.2) is 4.79 Å². The quantitative estimate of drug-likeness (QED) is 0.544. The van der Waals surface area contributed by atoms with Crippen LogP contribution in [0.2, 0.25) is 0 Å². The molecule has 1 aromatic rings. The van der Waals surface area contributed by atoms with Gasteiger partial charge in [-0.05, 0) is 0 Å². The number of carbonyl (C=O) groups excluding carboxylic acids is 1.